The van der Waals surface area contributed by atoms with E-state index in [1.165, 1.54) is 18.1 Å². The lowest BCUT2D eigenvalue weighted by Gasteiger charge is -2.18. The average molecular weight is 492 g/mol. The number of aromatic nitrogens is 1. The molecule has 5 nitrogen and oxygen atoms in total. The summed E-state index contributed by atoms with van der Waals surface area (Å²) in [5.41, 5.74) is 1.92. The van der Waals surface area contributed by atoms with E-state index in [2.05, 4.69) is 20.6 Å². The van der Waals surface area contributed by atoms with Crippen molar-refractivity contribution in [2.45, 2.75) is 33.2 Å². The van der Waals surface area contributed by atoms with Crippen LogP contribution >= 0.6 is 35.3 Å². The quantitative estimate of drug-likeness (QED) is 0.364. The fourth-order valence-corrected chi connectivity index (χ4v) is 3.47. The van der Waals surface area contributed by atoms with E-state index in [1.807, 2.05) is 26.8 Å². The van der Waals surface area contributed by atoms with Crippen LogP contribution in [-0.2, 0) is 6.42 Å². The van der Waals surface area contributed by atoms with Gasteiger partial charge < -0.3 is 15.4 Å². The standard InChI is InChI=1S/C18H25FN4OS.HI/c1-11(14-6-7-16(24-5)15(19)10-14)23-18(20-4)21-9-8-17-12(2)22-13(3)25-17;/h6-7,10-11H,8-9H2,1-5H3,(H2,20,21,23);1H. The van der Waals surface area contributed by atoms with E-state index in [1.54, 1.807) is 24.5 Å². The van der Waals surface area contributed by atoms with E-state index >= 15 is 0 Å². The zero-order valence-corrected chi connectivity index (χ0v) is 18.9. The number of hydrogen-bond acceptors (Lipinski definition) is 4. The van der Waals surface area contributed by atoms with Gasteiger partial charge in [0.25, 0.3) is 0 Å². The predicted octanol–water partition coefficient (Wildman–Crippen LogP) is 3.99. The van der Waals surface area contributed by atoms with Crippen molar-refractivity contribution in [1.82, 2.24) is 15.6 Å². The Labute approximate surface area is 175 Å². The molecule has 0 radical (unpaired) electrons. The summed E-state index contributed by atoms with van der Waals surface area (Å²) >= 11 is 1.72. The molecular formula is C18H26FIN4OS. The highest BCUT2D eigenvalue weighted by Gasteiger charge is 2.11. The lowest BCUT2D eigenvalue weighted by Crippen LogP contribution is -2.39. The third-order valence-corrected chi connectivity index (χ3v) is 5.03. The van der Waals surface area contributed by atoms with E-state index < -0.39 is 0 Å². The molecule has 1 heterocycles. The summed E-state index contributed by atoms with van der Waals surface area (Å²) in [7, 11) is 3.18. The van der Waals surface area contributed by atoms with Crippen molar-refractivity contribution in [3.8, 4) is 5.75 Å². The Morgan fingerprint density at radius 1 is 1.38 bits per heavy atom. The minimum atomic E-state index is -0.368. The number of thiazole rings is 1. The first-order valence-electron chi connectivity index (χ1n) is 8.18. The topological polar surface area (TPSA) is 58.5 Å². The van der Waals surface area contributed by atoms with Crippen molar-refractivity contribution >= 4 is 41.3 Å². The number of benzene rings is 1. The highest BCUT2D eigenvalue weighted by molar-refractivity contribution is 14.0. The second-order valence-corrected chi connectivity index (χ2v) is 7.04. The maximum Gasteiger partial charge on any atom is 0.191 e. The van der Waals surface area contributed by atoms with Crippen molar-refractivity contribution in [2.24, 2.45) is 4.99 Å². The van der Waals surface area contributed by atoms with E-state index in [-0.39, 0.29) is 41.6 Å². The molecule has 2 N–H and O–H groups in total. The zero-order valence-electron chi connectivity index (χ0n) is 15.7. The first kappa shape index (κ1) is 22.6. The Kier molecular flexibility index (Phi) is 9.28. The lowest BCUT2D eigenvalue weighted by molar-refractivity contribution is 0.386. The Balaban J connectivity index is 0.00000338. The minimum absolute atomic E-state index is 0. The van der Waals surface area contributed by atoms with Gasteiger partial charge >= 0.3 is 0 Å². The highest BCUT2D eigenvalue weighted by atomic mass is 127. The molecule has 2 rings (SSSR count). The molecule has 144 valence electrons. The number of nitrogens with zero attached hydrogens (tertiary/aromatic N) is 2. The van der Waals surface area contributed by atoms with Crippen LogP contribution < -0.4 is 15.4 Å². The number of halogens is 2. The van der Waals surface area contributed by atoms with Gasteiger partial charge in [-0.05, 0) is 38.5 Å². The van der Waals surface area contributed by atoms with Crippen LogP contribution in [-0.4, -0.2) is 31.6 Å². The molecule has 0 saturated carbocycles. The number of aryl methyl sites for hydroxylation is 2. The molecule has 1 aromatic heterocycles. The second kappa shape index (κ2) is 10.7. The monoisotopic (exact) mass is 492 g/mol. The van der Waals surface area contributed by atoms with Gasteiger partial charge in [-0.3, -0.25) is 4.99 Å². The predicted molar refractivity (Wildman–Crippen MR) is 117 cm³/mol. The van der Waals surface area contributed by atoms with Crippen LogP contribution in [0.25, 0.3) is 0 Å². The van der Waals surface area contributed by atoms with Crippen LogP contribution in [0.15, 0.2) is 23.2 Å². The van der Waals surface area contributed by atoms with Crippen molar-refractivity contribution in [3.05, 3.63) is 45.2 Å². The third-order valence-electron chi connectivity index (χ3n) is 3.90. The second-order valence-electron chi connectivity index (χ2n) is 5.75. The van der Waals surface area contributed by atoms with Crippen LogP contribution in [0.3, 0.4) is 0 Å². The summed E-state index contributed by atoms with van der Waals surface area (Å²) in [6.07, 6.45) is 0.892. The van der Waals surface area contributed by atoms with E-state index in [0.717, 1.165) is 29.2 Å². The van der Waals surface area contributed by atoms with Crippen LogP contribution in [0.5, 0.6) is 5.75 Å². The van der Waals surface area contributed by atoms with Gasteiger partial charge in [0.15, 0.2) is 17.5 Å². The van der Waals surface area contributed by atoms with E-state index in [4.69, 9.17) is 4.74 Å². The van der Waals surface area contributed by atoms with Gasteiger partial charge in [-0.1, -0.05) is 6.07 Å². The van der Waals surface area contributed by atoms with Crippen LogP contribution in [0.1, 0.15) is 34.1 Å². The Morgan fingerprint density at radius 3 is 2.65 bits per heavy atom. The first-order valence-corrected chi connectivity index (χ1v) is 8.99. The first-order chi connectivity index (χ1) is 11.9. The normalized spacial score (nSPS) is 12.3. The molecule has 0 fully saturated rings. The summed E-state index contributed by atoms with van der Waals surface area (Å²) in [6, 6.07) is 4.87. The zero-order chi connectivity index (χ0) is 18.4. The van der Waals surface area contributed by atoms with Crippen LogP contribution in [0, 0.1) is 19.7 Å². The van der Waals surface area contributed by atoms with Gasteiger partial charge in [-0.25, -0.2) is 9.37 Å². The molecule has 2 aromatic rings. The molecule has 0 spiro atoms. The number of rotatable bonds is 6. The molecule has 0 aliphatic heterocycles. The molecule has 0 saturated heterocycles. The van der Waals surface area contributed by atoms with Crippen molar-refractivity contribution in [2.75, 3.05) is 20.7 Å². The fourth-order valence-electron chi connectivity index (χ4n) is 2.53. The summed E-state index contributed by atoms with van der Waals surface area (Å²) < 4.78 is 18.8. The van der Waals surface area contributed by atoms with Crippen molar-refractivity contribution < 1.29 is 9.13 Å². The van der Waals surface area contributed by atoms with Gasteiger partial charge in [-0.2, -0.15) is 0 Å². The number of ether oxygens (including phenoxy) is 1. The molecule has 0 bridgehead atoms. The van der Waals surface area contributed by atoms with Crippen molar-refractivity contribution in [1.29, 1.82) is 0 Å². The van der Waals surface area contributed by atoms with E-state index in [9.17, 15) is 4.39 Å². The molecule has 1 atom stereocenters. The van der Waals surface area contributed by atoms with Gasteiger partial charge in [0.1, 0.15) is 0 Å². The largest absolute Gasteiger partial charge is 0.494 e. The molecule has 1 aromatic carbocycles. The van der Waals surface area contributed by atoms with Crippen LogP contribution in [0.4, 0.5) is 4.39 Å². The van der Waals surface area contributed by atoms with E-state index in [0.29, 0.717) is 5.96 Å². The number of aliphatic imine (C=N–C) groups is 1. The van der Waals surface area contributed by atoms with Gasteiger partial charge in [0.05, 0.1) is 23.9 Å². The van der Waals surface area contributed by atoms with Crippen LogP contribution in [0.2, 0.25) is 0 Å². The molecular weight excluding hydrogens is 466 g/mol. The third kappa shape index (κ3) is 6.08. The summed E-state index contributed by atoms with van der Waals surface area (Å²) in [6.45, 7) is 6.77. The molecule has 0 amide bonds. The Hall–Kier alpha value is -1.42. The summed E-state index contributed by atoms with van der Waals surface area (Å²) in [4.78, 5) is 9.95. The maximum atomic E-state index is 13.9. The Morgan fingerprint density at radius 2 is 2.12 bits per heavy atom. The van der Waals surface area contributed by atoms with Gasteiger partial charge in [0, 0.05) is 24.9 Å². The maximum absolute atomic E-state index is 13.9. The number of methoxy groups -OCH3 is 1. The summed E-state index contributed by atoms with van der Waals surface area (Å²) in [5.74, 6) is 0.559. The molecule has 26 heavy (non-hydrogen) atoms. The molecule has 0 aliphatic carbocycles. The number of guanidine groups is 1. The fraction of sp³-hybridized carbons (Fsp3) is 0.444. The lowest BCUT2D eigenvalue weighted by atomic mass is 10.1. The van der Waals surface area contributed by atoms with Gasteiger partial charge in [0.2, 0.25) is 0 Å². The Bertz CT molecular complexity index is 751. The smallest absolute Gasteiger partial charge is 0.191 e. The summed E-state index contributed by atoms with van der Waals surface area (Å²) in [5, 5.41) is 7.65. The highest BCUT2D eigenvalue weighted by Crippen LogP contribution is 2.21. The average Bonchev–Trinajstić information content (AvgIpc) is 2.91. The van der Waals surface area contributed by atoms with Gasteiger partial charge in [-0.15, -0.1) is 35.3 Å². The minimum Gasteiger partial charge on any atom is -0.494 e. The number of nitrogens with one attached hydrogen (secondary N) is 2. The molecule has 0 aliphatic rings. The SMILES string of the molecule is CN=C(NCCc1sc(C)nc1C)NC(C)c1ccc(OC)c(F)c1.I. The molecule has 1 unspecified atom stereocenters. The van der Waals surface area contributed by atoms with Crippen molar-refractivity contribution in [3.63, 3.8) is 0 Å². The molecule has 8 heteroatoms. The number of hydrogen-bond donors (Lipinski definition) is 2.